The average molecular weight is 1390 g/mol. The van der Waals surface area contributed by atoms with Crippen molar-refractivity contribution < 1.29 is 86.2 Å². The third-order valence-electron chi connectivity index (χ3n) is 15.1. The van der Waals surface area contributed by atoms with Crippen molar-refractivity contribution in [1.29, 1.82) is 0 Å². The molecule has 0 radical (unpaired) electrons. The van der Waals surface area contributed by atoms with Crippen LogP contribution in [0.4, 0.5) is 0 Å². The van der Waals surface area contributed by atoms with Crippen LogP contribution in [-0.4, -0.2) is 201 Å². The Labute approximate surface area is 545 Å². The van der Waals surface area contributed by atoms with Crippen LogP contribution in [0.25, 0.3) is 0 Å². The summed E-state index contributed by atoms with van der Waals surface area (Å²) >= 11 is 0. The van der Waals surface area contributed by atoms with Crippen LogP contribution in [-0.2, 0) is 95.7 Å². The number of rotatable bonds is 49. The fourth-order valence-corrected chi connectivity index (χ4v) is 11.1. The predicted octanol–water partition coefficient (Wildman–Crippen LogP) is -2.44. The van der Waals surface area contributed by atoms with Gasteiger partial charge in [-0.2, -0.15) is 0 Å². The molecular weight excluding hydrogens is 1290 g/mol. The van der Waals surface area contributed by atoms with Gasteiger partial charge in [-0.25, -0.2) is 0 Å². The molecule has 0 spiro atoms. The lowest BCUT2D eigenvalue weighted by Gasteiger charge is -2.25. The van der Waals surface area contributed by atoms with Crippen molar-refractivity contribution in [3.63, 3.8) is 0 Å². The molecule has 0 aliphatic rings. The van der Waals surface area contributed by atoms with Crippen molar-refractivity contribution in [3.05, 3.63) is 35.7 Å². The molecule has 3 rings (SSSR count). The Morgan fingerprint density at radius 2 is 0.787 bits per heavy atom. The Balaban J connectivity index is 1.95. The molecule has 3 heterocycles. The number of aromatic nitrogens is 9. The molecule has 3 aromatic heterocycles. The Kier molecular flexibility index (Phi) is 35.2. The number of Topliss-reactive ketones (excluding diaryl/α,β-unsaturated/α-hetero) is 4. The normalized spacial score (nSPS) is 15.0. The summed E-state index contributed by atoms with van der Waals surface area (Å²) in [7, 11) is -13.3. The van der Waals surface area contributed by atoms with Gasteiger partial charge in [0.1, 0.15) is 0 Å². The van der Waals surface area contributed by atoms with Crippen molar-refractivity contribution >= 4 is 75.5 Å². The van der Waals surface area contributed by atoms with E-state index in [4.69, 9.17) is 22.9 Å². The minimum atomic E-state index is -4.49. The number of nitrogens with zero attached hydrogens (tertiary/aromatic N) is 9. The van der Waals surface area contributed by atoms with Crippen molar-refractivity contribution in [2.75, 3.05) is 38.1 Å². The van der Waals surface area contributed by atoms with Gasteiger partial charge in [-0.05, 0) is 98.7 Å². The molecule has 0 bridgehead atoms. The van der Waals surface area contributed by atoms with Crippen molar-refractivity contribution in [2.24, 2.45) is 46.6 Å². The second-order valence-corrected chi connectivity index (χ2v) is 29.4. The fourth-order valence-electron chi connectivity index (χ4n) is 9.72. The number of nitrogens with one attached hydrogen (secondary N) is 5. The van der Waals surface area contributed by atoms with Crippen LogP contribution in [0.15, 0.2) is 18.6 Å². The zero-order valence-corrected chi connectivity index (χ0v) is 56.6. The maximum absolute atomic E-state index is 14.6. The zero-order valence-electron chi connectivity index (χ0n) is 53.9. The van der Waals surface area contributed by atoms with E-state index in [1.165, 1.54) is 44.0 Å². The number of carbonyl (C=O) groups excluding carboxylic acids is 9. The van der Waals surface area contributed by atoms with Crippen molar-refractivity contribution in [1.82, 2.24) is 71.6 Å². The van der Waals surface area contributed by atoms with E-state index in [1.54, 1.807) is 13.8 Å². The highest BCUT2D eigenvalue weighted by Gasteiger charge is 2.36. The average Bonchev–Trinajstić information content (AvgIpc) is 1.60. The molecule has 0 unspecified atom stereocenters. The largest absolute Gasteiger partial charge is 0.354 e. The lowest BCUT2D eigenvalue weighted by Crippen LogP contribution is -2.49. The van der Waals surface area contributed by atoms with E-state index in [1.807, 2.05) is 0 Å². The zero-order chi connectivity index (χ0) is 70.5. The van der Waals surface area contributed by atoms with E-state index >= 15 is 0 Å². The first kappa shape index (κ1) is 82.0. The summed E-state index contributed by atoms with van der Waals surface area (Å²) in [6.45, 7) is 7.68. The minimum absolute atomic E-state index is 0.0420. The first-order valence-corrected chi connectivity index (χ1v) is 36.7. The lowest BCUT2D eigenvalue weighted by atomic mass is 9.90. The number of carbonyl (C=O) groups is 9. The van der Waals surface area contributed by atoms with Crippen LogP contribution < -0.4 is 49.5 Å². The van der Waals surface area contributed by atoms with Gasteiger partial charge in [0.2, 0.25) is 29.5 Å². The Morgan fingerprint density at radius 1 is 0.436 bits per heavy atom. The quantitative estimate of drug-likeness (QED) is 0.0206. The summed E-state index contributed by atoms with van der Waals surface area (Å²) in [5.41, 5.74) is 23.5. The lowest BCUT2D eigenvalue weighted by molar-refractivity contribution is -0.136. The second kappa shape index (κ2) is 40.3. The third kappa shape index (κ3) is 32.5. The van der Waals surface area contributed by atoms with Crippen LogP contribution in [0.2, 0.25) is 0 Å². The summed E-state index contributed by atoms with van der Waals surface area (Å²) < 4.78 is 38.2. The Morgan fingerprint density at radius 3 is 1.18 bits per heavy atom. The molecule has 0 aromatic carbocycles. The predicted molar refractivity (Wildman–Crippen MR) is 339 cm³/mol. The van der Waals surface area contributed by atoms with Gasteiger partial charge >= 0.3 is 22.8 Å². The van der Waals surface area contributed by atoms with E-state index < -0.39 is 174 Å². The first-order chi connectivity index (χ1) is 44.0. The van der Waals surface area contributed by atoms with Crippen LogP contribution in [0, 0.1) is 23.7 Å². The number of ketones is 4. The molecule has 39 heteroatoms. The number of nitrogens with two attached hydrogens (primary N) is 4. The highest BCUT2D eigenvalue weighted by molar-refractivity contribution is 7.52. The minimum Gasteiger partial charge on any atom is -0.354 e. The van der Waals surface area contributed by atoms with Crippen molar-refractivity contribution in [2.45, 2.75) is 193 Å². The van der Waals surface area contributed by atoms with Gasteiger partial charge < -0.3 is 78.9 Å². The fraction of sp³-hybridized carbons (Fsp3) is 0.727. The molecular formula is C55H97N18O18P3. The van der Waals surface area contributed by atoms with E-state index in [-0.39, 0.29) is 94.4 Å². The number of amides is 5. The molecule has 19 N–H and O–H groups in total. The molecule has 9 atom stereocenters. The van der Waals surface area contributed by atoms with Gasteiger partial charge in [0, 0.05) is 81.4 Å². The number of unbranched alkanes of at least 4 members (excludes halogenated alkanes) is 3. The monoisotopic (exact) mass is 1390 g/mol. The van der Waals surface area contributed by atoms with E-state index in [0.29, 0.717) is 45.1 Å². The summed E-state index contributed by atoms with van der Waals surface area (Å²) in [5, 5.41) is 37.3. The first-order valence-electron chi connectivity index (χ1n) is 31.3. The maximum atomic E-state index is 14.6. The second-order valence-electron chi connectivity index (χ2n) is 24.1. The number of aryl methyl sites for hydroxylation is 3. The van der Waals surface area contributed by atoms with Gasteiger partial charge in [-0.3, -0.25) is 70.9 Å². The molecule has 94 heavy (non-hydrogen) atoms. The molecule has 0 saturated heterocycles. The van der Waals surface area contributed by atoms with Gasteiger partial charge in [0.25, 0.3) is 0 Å². The van der Waals surface area contributed by atoms with E-state index in [9.17, 15) is 86.2 Å². The standard InChI is InChI=1S/C55H97N18O18P3/c1-34(2)60-54(81)39(25-41-31-71(68-65-41)18-21-92(83,84)85)28-49(76)44(13-7-10-16-57)62-51(78)35(3)24-48(75)46(30-43-33-73(70-67-43)20-23-94(89,90)91)64-53(80)38(12-6-9-15-56)27-47(74)37(5)61-55(82)40(26-42-32-72(69-66-42)19-22-93(86,87)88)29-50(77)45(14-8-11-17-58)63-52(79)36(4)59/h31-40,44-46H,6-30,56-59H2,1-5H3,(H,60,81)(H,61,82)(H,62,78)(H,63,79)(H,64,80)(H2,83,84,85)(H2,86,87,88)(H2,89,90,91)/t35-,36+,37+,38-,39-,40-,44+,45+,46+/m1/s1. The van der Waals surface area contributed by atoms with Gasteiger partial charge in [0.15, 0.2) is 23.1 Å². The molecule has 3 aromatic rings. The molecule has 530 valence electrons. The molecule has 36 nitrogen and oxygen atoms in total. The SMILES string of the molecule is CC(C)NC(=O)[C@@H](CC(=O)[C@H](CCCCN)NC(=O)[C@H](C)CC(=O)[C@H](Cc1cn(CCP(=O)(O)O)nn1)NC(=O)[C@H](CCCCN)CC(=O)[C@H](C)NC(=O)[C@@H](CC(=O)[C@H](CCCCN)NC(=O)[C@H](C)N)Cc1cn(CCP(=O)(O)O)nn1)Cc1cn(CCP(=O)(O)O)nn1. The number of hydrogen-bond acceptors (Lipinski definition) is 22. The third-order valence-corrected chi connectivity index (χ3v) is 17.4. The van der Waals surface area contributed by atoms with Crippen LogP contribution in [0.5, 0.6) is 0 Å². The molecule has 0 fully saturated rings. The highest BCUT2D eigenvalue weighted by Crippen LogP contribution is 2.35. The van der Waals surface area contributed by atoms with Crippen LogP contribution in [0.1, 0.15) is 135 Å². The van der Waals surface area contributed by atoms with E-state index in [0.717, 1.165) is 9.36 Å². The molecule has 0 aliphatic heterocycles. The molecule has 5 amide bonds. The Hall–Kier alpha value is -6.26. The van der Waals surface area contributed by atoms with Crippen LogP contribution in [0.3, 0.4) is 0 Å². The van der Waals surface area contributed by atoms with Gasteiger partial charge in [-0.15, -0.1) is 15.3 Å². The van der Waals surface area contributed by atoms with Gasteiger partial charge in [0.05, 0.1) is 97.2 Å². The molecule has 0 saturated carbocycles. The summed E-state index contributed by atoms with van der Waals surface area (Å²) in [5.74, 6) is -10.7. The number of hydrogen-bond donors (Lipinski definition) is 15. The Bertz CT molecular complexity index is 3110. The smallest absolute Gasteiger partial charge is 0.327 e. The topological polar surface area (TPSA) is 583 Å². The highest BCUT2D eigenvalue weighted by atomic mass is 31.2. The summed E-state index contributed by atoms with van der Waals surface area (Å²) in [6, 6.07) is -6.41. The molecule has 0 aliphatic carbocycles. The van der Waals surface area contributed by atoms with Crippen LogP contribution >= 0.6 is 22.8 Å². The van der Waals surface area contributed by atoms with E-state index in [2.05, 4.69) is 57.5 Å². The summed E-state index contributed by atoms with van der Waals surface area (Å²) in [6.07, 6.45) is 2.39. The maximum Gasteiger partial charge on any atom is 0.327 e. The summed E-state index contributed by atoms with van der Waals surface area (Å²) in [4.78, 5) is 183. The van der Waals surface area contributed by atoms with Gasteiger partial charge in [-0.1, -0.05) is 29.0 Å². The van der Waals surface area contributed by atoms with Crippen molar-refractivity contribution in [3.8, 4) is 0 Å².